The Labute approximate surface area is 102 Å². The maximum atomic E-state index is 11.9. The number of carboxylic acids is 1. The maximum Gasteiger partial charge on any atom is 0.303 e. The minimum atomic E-state index is -0.727. The van der Waals surface area contributed by atoms with Crippen LogP contribution in [0.5, 0.6) is 0 Å². The fourth-order valence-electron chi connectivity index (χ4n) is 3.07. The number of piperidine rings is 1. The highest BCUT2D eigenvalue weighted by molar-refractivity contribution is 5.77. The Morgan fingerprint density at radius 3 is 2.65 bits per heavy atom. The van der Waals surface area contributed by atoms with Gasteiger partial charge in [-0.05, 0) is 31.6 Å². The molecule has 1 unspecified atom stereocenters. The lowest BCUT2D eigenvalue weighted by Crippen LogP contribution is -2.45. The zero-order valence-electron chi connectivity index (χ0n) is 10.2. The number of aliphatic carboxylic acids is 1. The Morgan fingerprint density at radius 2 is 2.00 bits per heavy atom. The number of carbonyl (C=O) groups excluding carboxylic acids is 1. The minimum Gasteiger partial charge on any atom is -0.481 e. The van der Waals surface area contributed by atoms with E-state index in [4.69, 9.17) is 5.11 Å². The van der Waals surface area contributed by atoms with Crippen LogP contribution in [0.15, 0.2) is 0 Å². The second-order valence-electron chi connectivity index (χ2n) is 5.32. The molecule has 0 radical (unpaired) electrons. The SMILES string of the molecule is O=C(O)CCC1CCC(=O)N(C2CCCC2)C1. The van der Waals surface area contributed by atoms with Gasteiger partial charge in [0.15, 0.2) is 0 Å². The van der Waals surface area contributed by atoms with Gasteiger partial charge < -0.3 is 10.0 Å². The molecule has 1 N–H and O–H groups in total. The standard InChI is InChI=1S/C13H21NO3/c15-12-7-5-10(6-8-13(16)17)9-14(12)11-3-1-2-4-11/h10-11H,1-9H2,(H,16,17). The molecular weight excluding hydrogens is 218 g/mol. The van der Waals surface area contributed by atoms with Gasteiger partial charge in [-0.2, -0.15) is 0 Å². The summed E-state index contributed by atoms with van der Waals surface area (Å²) in [5.74, 6) is -0.0535. The number of carbonyl (C=O) groups is 2. The molecule has 0 bridgehead atoms. The molecule has 2 fully saturated rings. The van der Waals surface area contributed by atoms with Gasteiger partial charge in [0.2, 0.25) is 5.91 Å². The number of nitrogens with zero attached hydrogens (tertiary/aromatic N) is 1. The molecule has 1 saturated heterocycles. The second-order valence-corrected chi connectivity index (χ2v) is 5.32. The summed E-state index contributed by atoms with van der Waals surface area (Å²) in [6.45, 7) is 0.788. The summed E-state index contributed by atoms with van der Waals surface area (Å²) in [6, 6.07) is 0.440. The average Bonchev–Trinajstić information content (AvgIpc) is 2.81. The maximum absolute atomic E-state index is 11.9. The van der Waals surface area contributed by atoms with E-state index in [0.717, 1.165) is 25.8 Å². The number of amides is 1. The Morgan fingerprint density at radius 1 is 1.29 bits per heavy atom. The van der Waals surface area contributed by atoms with Gasteiger partial charge in [-0.25, -0.2) is 0 Å². The molecule has 0 aromatic carbocycles. The first-order valence-corrected chi connectivity index (χ1v) is 6.68. The number of carboxylic acid groups (broad SMARTS) is 1. The fraction of sp³-hybridized carbons (Fsp3) is 0.846. The van der Waals surface area contributed by atoms with Gasteiger partial charge in [-0.15, -0.1) is 0 Å². The van der Waals surface area contributed by atoms with Crippen LogP contribution in [0.2, 0.25) is 0 Å². The van der Waals surface area contributed by atoms with Gasteiger partial charge in [-0.3, -0.25) is 9.59 Å². The molecule has 1 aliphatic heterocycles. The highest BCUT2D eigenvalue weighted by atomic mass is 16.4. The molecule has 2 aliphatic rings. The highest BCUT2D eigenvalue weighted by Crippen LogP contribution is 2.30. The van der Waals surface area contributed by atoms with Crippen molar-refractivity contribution in [1.82, 2.24) is 4.90 Å². The third kappa shape index (κ3) is 3.20. The molecule has 4 heteroatoms. The van der Waals surface area contributed by atoms with Crippen molar-refractivity contribution in [3.05, 3.63) is 0 Å². The van der Waals surface area contributed by atoms with Crippen LogP contribution < -0.4 is 0 Å². The van der Waals surface area contributed by atoms with Crippen LogP contribution in [0.4, 0.5) is 0 Å². The summed E-state index contributed by atoms with van der Waals surface area (Å²) < 4.78 is 0. The molecule has 4 nitrogen and oxygen atoms in total. The normalized spacial score (nSPS) is 26.5. The van der Waals surface area contributed by atoms with E-state index < -0.39 is 5.97 Å². The van der Waals surface area contributed by atoms with Gasteiger partial charge in [0.05, 0.1) is 0 Å². The smallest absolute Gasteiger partial charge is 0.303 e. The van der Waals surface area contributed by atoms with Crippen molar-refractivity contribution in [2.75, 3.05) is 6.54 Å². The van der Waals surface area contributed by atoms with Crippen LogP contribution in [0.3, 0.4) is 0 Å². The first-order chi connectivity index (χ1) is 8.16. The molecule has 96 valence electrons. The van der Waals surface area contributed by atoms with Crippen molar-refractivity contribution in [2.24, 2.45) is 5.92 Å². The number of hydrogen-bond acceptors (Lipinski definition) is 2. The molecule has 0 aromatic heterocycles. The summed E-state index contributed by atoms with van der Waals surface area (Å²) in [5.41, 5.74) is 0. The highest BCUT2D eigenvalue weighted by Gasteiger charge is 2.32. The predicted molar refractivity (Wildman–Crippen MR) is 63.6 cm³/mol. The lowest BCUT2D eigenvalue weighted by Gasteiger charge is -2.36. The quantitative estimate of drug-likeness (QED) is 0.816. The molecule has 1 saturated carbocycles. The zero-order chi connectivity index (χ0) is 12.3. The topological polar surface area (TPSA) is 57.6 Å². The Hall–Kier alpha value is -1.06. The van der Waals surface area contributed by atoms with Crippen LogP contribution in [-0.4, -0.2) is 34.5 Å². The van der Waals surface area contributed by atoms with E-state index in [9.17, 15) is 9.59 Å². The average molecular weight is 239 g/mol. The Bertz CT molecular complexity index is 297. The van der Waals surface area contributed by atoms with Crippen molar-refractivity contribution < 1.29 is 14.7 Å². The van der Waals surface area contributed by atoms with Gasteiger partial charge in [0.25, 0.3) is 0 Å². The van der Waals surface area contributed by atoms with Crippen LogP contribution in [0, 0.1) is 5.92 Å². The van der Waals surface area contributed by atoms with E-state index in [1.165, 1.54) is 12.8 Å². The summed E-state index contributed by atoms with van der Waals surface area (Å²) in [7, 11) is 0. The second kappa shape index (κ2) is 5.52. The van der Waals surface area contributed by atoms with Crippen molar-refractivity contribution in [3.63, 3.8) is 0 Å². The molecular formula is C13H21NO3. The van der Waals surface area contributed by atoms with Crippen LogP contribution in [-0.2, 0) is 9.59 Å². The van der Waals surface area contributed by atoms with Gasteiger partial charge in [-0.1, -0.05) is 12.8 Å². The van der Waals surface area contributed by atoms with E-state index >= 15 is 0 Å². The molecule has 0 spiro atoms. The summed E-state index contributed by atoms with van der Waals surface area (Å²) in [4.78, 5) is 24.5. The van der Waals surface area contributed by atoms with Crippen LogP contribution >= 0.6 is 0 Å². The molecule has 1 amide bonds. The summed E-state index contributed by atoms with van der Waals surface area (Å²) in [6.07, 6.45) is 7.16. The number of likely N-dealkylation sites (tertiary alicyclic amines) is 1. The van der Waals surface area contributed by atoms with Crippen molar-refractivity contribution in [3.8, 4) is 0 Å². The van der Waals surface area contributed by atoms with Crippen molar-refractivity contribution in [1.29, 1.82) is 0 Å². The Balaban J connectivity index is 1.87. The fourth-order valence-corrected chi connectivity index (χ4v) is 3.07. The van der Waals surface area contributed by atoms with Crippen LogP contribution in [0.1, 0.15) is 51.4 Å². The lowest BCUT2D eigenvalue weighted by atomic mass is 9.92. The molecule has 2 rings (SSSR count). The van der Waals surface area contributed by atoms with E-state index in [1.807, 2.05) is 4.90 Å². The molecule has 0 aromatic rings. The lowest BCUT2D eigenvalue weighted by molar-refractivity contribution is -0.138. The largest absolute Gasteiger partial charge is 0.481 e. The molecule has 1 aliphatic carbocycles. The third-order valence-electron chi connectivity index (χ3n) is 4.07. The predicted octanol–water partition coefficient (Wildman–Crippen LogP) is 2.03. The van der Waals surface area contributed by atoms with E-state index in [1.54, 1.807) is 0 Å². The summed E-state index contributed by atoms with van der Waals surface area (Å²) in [5, 5.41) is 8.69. The zero-order valence-corrected chi connectivity index (χ0v) is 10.2. The number of hydrogen-bond donors (Lipinski definition) is 1. The van der Waals surface area contributed by atoms with Crippen molar-refractivity contribution >= 4 is 11.9 Å². The molecule has 1 heterocycles. The van der Waals surface area contributed by atoms with Crippen LogP contribution in [0.25, 0.3) is 0 Å². The van der Waals surface area contributed by atoms with Gasteiger partial charge in [0.1, 0.15) is 0 Å². The monoisotopic (exact) mass is 239 g/mol. The molecule has 1 atom stereocenters. The van der Waals surface area contributed by atoms with Crippen molar-refractivity contribution in [2.45, 2.75) is 57.4 Å². The summed E-state index contributed by atoms with van der Waals surface area (Å²) >= 11 is 0. The van der Waals surface area contributed by atoms with E-state index in [-0.39, 0.29) is 12.3 Å². The first kappa shape index (κ1) is 12.4. The Kier molecular flexibility index (Phi) is 4.02. The first-order valence-electron chi connectivity index (χ1n) is 6.68. The molecule has 17 heavy (non-hydrogen) atoms. The number of rotatable bonds is 4. The van der Waals surface area contributed by atoms with E-state index in [2.05, 4.69) is 0 Å². The van der Waals surface area contributed by atoms with Gasteiger partial charge >= 0.3 is 5.97 Å². The minimum absolute atomic E-state index is 0.233. The third-order valence-corrected chi connectivity index (χ3v) is 4.07. The van der Waals surface area contributed by atoms with Gasteiger partial charge in [0, 0.05) is 25.4 Å². The van der Waals surface area contributed by atoms with E-state index in [0.29, 0.717) is 24.8 Å².